The molecule has 1 aliphatic carbocycles. The summed E-state index contributed by atoms with van der Waals surface area (Å²) in [6.07, 6.45) is 15.2. The van der Waals surface area contributed by atoms with Gasteiger partial charge in [-0.15, -0.1) is 0 Å². The summed E-state index contributed by atoms with van der Waals surface area (Å²) in [5.41, 5.74) is 10.5. The molecule has 2 nitrogen and oxygen atoms in total. The third-order valence-corrected chi connectivity index (χ3v) is 5.37. The normalized spacial score (nSPS) is 18.7. The van der Waals surface area contributed by atoms with Gasteiger partial charge < -0.3 is 10.8 Å². The number of hydrogen-bond donors (Lipinski definition) is 2. The first kappa shape index (κ1) is 19.2. The second-order valence-corrected chi connectivity index (χ2v) is 7.28. The molecule has 3 N–H and O–H groups in total. The van der Waals surface area contributed by atoms with Crippen LogP contribution in [0.1, 0.15) is 74.5 Å². The van der Waals surface area contributed by atoms with E-state index in [2.05, 4.69) is 37.3 Å². The van der Waals surface area contributed by atoms with Crippen molar-refractivity contribution in [2.24, 2.45) is 11.7 Å². The van der Waals surface area contributed by atoms with Crippen LogP contribution in [0.4, 0.5) is 0 Å². The molecule has 0 aliphatic heterocycles. The standard InChI is InChI=1S/C22H35NO/c1-2-3-4-5-8-18-10-11-20-16-21(13-12-19(20)15-18)22(17-23)9-6-7-14-24/h4-5,12-13,16,18,22,24H,2-3,6-11,14-15,17,23H2,1H3/b5-4-/t18-,22+/m1/s1. The number of aryl methyl sites for hydroxylation is 1. The van der Waals surface area contributed by atoms with E-state index in [1.807, 2.05) is 0 Å². The number of benzene rings is 1. The van der Waals surface area contributed by atoms with Crippen molar-refractivity contribution in [2.45, 2.75) is 70.6 Å². The number of unbranched alkanes of at least 4 members (excludes halogenated alkanes) is 2. The fourth-order valence-corrected chi connectivity index (χ4v) is 3.80. The van der Waals surface area contributed by atoms with E-state index >= 15 is 0 Å². The first-order valence-corrected chi connectivity index (χ1v) is 9.86. The molecule has 0 saturated carbocycles. The Labute approximate surface area is 148 Å². The Bertz CT molecular complexity index is 509. The van der Waals surface area contributed by atoms with Gasteiger partial charge in [0.15, 0.2) is 0 Å². The lowest BCUT2D eigenvalue weighted by molar-refractivity contribution is 0.281. The van der Waals surface area contributed by atoms with E-state index < -0.39 is 0 Å². The summed E-state index contributed by atoms with van der Waals surface area (Å²) in [5, 5.41) is 8.96. The predicted molar refractivity (Wildman–Crippen MR) is 103 cm³/mol. The second kappa shape index (κ2) is 10.7. The van der Waals surface area contributed by atoms with Crippen molar-refractivity contribution in [2.75, 3.05) is 13.2 Å². The molecule has 0 fully saturated rings. The van der Waals surface area contributed by atoms with Gasteiger partial charge in [-0.25, -0.2) is 0 Å². The molecule has 2 atom stereocenters. The van der Waals surface area contributed by atoms with Crippen molar-refractivity contribution in [1.82, 2.24) is 0 Å². The maximum atomic E-state index is 8.96. The van der Waals surface area contributed by atoms with Gasteiger partial charge in [-0.1, -0.05) is 50.1 Å². The van der Waals surface area contributed by atoms with E-state index in [0.717, 1.165) is 25.2 Å². The van der Waals surface area contributed by atoms with Crippen LogP contribution in [0.25, 0.3) is 0 Å². The molecule has 1 aromatic rings. The van der Waals surface area contributed by atoms with Crippen LogP contribution in [0, 0.1) is 5.92 Å². The highest BCUT2D eigenvalue weighted by Gasteiger charge is 2.19. The van der Waals surface area contributed by atoms with E-state index in [0.29, 0.717) is 12.5 Å². The van der Waals surface area contributed by atoms with Crippen LogP contribution in [-0.2, 0) is 12.8 Å². The van der Waals surface area contributed by atoms with E-state index in [-0.39, 0.29) is 6.61 Å². The molecule has 0 unspecified atom stereocenters. The van der Waals surface area contributed by atoms with Gasteiger partial charge in [0, 0.05) is 6.61 Å². The first-order chi connectivity index (χ1) is 11.8. The Kier molecular flexibility index (Phi) is 8.55. The zero-order chi connectivity index (χ0) is 17.2. The average molecular weight is 330 g/mol. The SMILES string of the molecule is CCC/C=C\C[C@@H]1CCc2cc([C@H](CN)CCCCO)ccc2C1. The van der Waals surface area contributed by atoms with Gasteiger partial charge in [-0.3, -0.25) is 0 Å². The average Bonchev–Trinajstić information content (AvgIpc) is 2.62. The number of allylic oxidation sites excluding steroid dienone is 2. The highest BCUT2D eigenvalue weighted by atomic mass is 16.2. The molecule has 0 saturated heterocycles. The topological polar surface area (TPSA) is 46.2 Å². The molecule has 134 valence electrons. The van der Waals surface area contributed by atoms with Crippen molar-refractivity contribution < 1.29 is 5.11 Å². The highest BCUT2D eigenvalue weighted by Crippen LogP contribution is 2.31. The monoisotopic (exact) mass is 329 g/mol. The quantitative estimate of drug-likeness (QED) is 0.481. The molecule has 0 spiro atoms. The van der Waals surface area contributed by atoms with Crippen LogP contribution in [0.15, 0.2) is 30.4 Å². The largest absolute Gasteiger partial charge is 0.396 e. The summed E-state index contributed by atoms with van der Waals surface area (Å²) < 4.78 is 0. The van der Waals surface area contributed by atoms with Crippen molar-refractivity contribution in [1.29, 1.82) is 0 Å². The number of aliphatic hydroxyl groups excluding tert-OH is 1. The Morgan fingerprint density at radius 1 is 1.25 bits per heavy atom. The van der Waals surface area contributed by atoms with Crippen LogP contribution in [-0.4, -0.2) is 18.3 Å². The molecular formula is C22H35NO. The smallest absolute Gasteiger partial charge is 0.0431 e. The van der Waals surface area contributed by atoms with E-state index in [1.165, 1.54) is 44.1 Å². The minimum Gasteiger partial charge on any atom is -0.396 e. The van der Waals surface area contributed by atoms with Crippen molar-refractivity contribution in [3.8, 4) is 0 Å². The first-order valence-electron chi connectivity index (χ1n) is 9.86. The molecule has 2 heteroatoms. The van der Waals surface area contributed by atoms with E-state index in [4.69, 9.17) is 10.8 Å². The molecule has 0 heterocycles. The fraction of sp³-hybridized carbons (Fsp3) is 0.636. The number of nitrogens with two attached hydrogens (primary N) is 1. The molecule has 0 radical (unpaired) electrons. The van der Waals surface area contributed by atoms with Gasteiger partial charge in [-0.2, -0.15) is 0 Å². The zero-order valence-electron chi connectivity index (χ0n) is 15.3. The number of fused-ring (bicyclic) bond motifs is 1. The number of rotatable bonds is 10. The molecule has 0 bridgehead atoms. The molecule has 1 aliphatic rings. The maximum absolute atomic E-state index is 8.96. The summed E-state index contributed by atoms with van der Waals surface area (Å²) in [7, 11) is 0. The minimum atomic E-state index is 0.287. The van der Waals surface area contributed by atoms with E-state index in [9.17, 15) is 0 Å². The van der Waals surface area contributed by atoms with Gasteiger partial charge >= 0.3 is 0 Å². The Morgan fingerprint density at radius 2 is 2.12 bits per heavy atom. The molecule has 0 aromatic heterocycles. The summed E-state index contributed by atoms with van der Waals surface area (Å²) in [4.78, 5) is 0. The lowest BCUT2D eigenvalue weighted by Crippen LogP contribution is -2.16. The van der Waals surface area contributed by atoms with Gasteiger partial charge in [-0.05, 0) is 80.0 Å². The Balaban J connectivity index is 1.94. The third kappa shape index (κ3) is 5.75. The lowest BCUT2D eigenvalue weighted by Gasteiger charge is -2.25. The summed E-state index contributed by atoms with van der Waals surface area (Å²) in [6.45, 7) is 3.22. The molecular weight excluding hydrogens is 294 g/mol. The van der Waals surface area contributed by atoms with E-state index in [1.54, 1.807) is 11.1 Å². The minimum absolute atomic E-state index is 0.287. The molecule has 1 aromatic carbocycles. The van der Waals surface area contributed by atoms with Crippen LogP contribution >= 0.6 is 0 Å². The molecule has 0 amide bonds. The molecule has 24 heavy (non-hydrogen) atoms. The summed E-state index contributed by atoms with van der Waals surface area (Å²) in [6, 6.07) is 7.06. The Morgan fingerprint density at radius 3 is 2.88 bits per heavy atom. The summed E-state index contributed by atoms with van der Waals surface area (Å²) in [5.74, 6) is 1.25. The van der Waals surface area contributed by atoms with Crippen LogP contribution in [0.5, 0.6) is 0 Å². The van der Waals surface area contributed by atoms with Crippen LogP contribution in [0.3, 0.4) is 0 Å². The second-order valence-electron chi connectivity index (χ2n) is 7.28. The lowest BCUT2D eigenvalue weighted by atomic mass is 9.80. The predicted octanol–water partition coefficient (Wildman–Crippen LogP) is 4.74. The van der Waals surface area contributed by atoms with Gasteiger partial charge in [0.25, 0.3) is 0 Å². The number of aliphatic hydroxyl groups is 1. The highest BCUT2D eigenvalue weighted by molar-refractivity contribution is 5.36. The van der Waals surface area contributed by atoms with Crippen molar-refractivity contribution in [3.05, 3.63) is 47.0 Å². The van der Waals surface area contributed by atoms with Gasteiger partial charge in [0.05, 0.1) is 0 Å². The van der Waals surface area contributed by atoms with Crippen molar-refractivity contribution in [3.63, 3.8) is 0 Å². The zero-order valence-corrected chi connectivity index (χ0v) is 15.3. The molecule has 2 rings (SSSR count). The number of hydrogen-bond acceptors (Lipinski definition) is 2. The summed E-state index contributed by atoms with van der Waals surface area (Å²) >= 11 is 0. The van der Waals surface area contributed by atoms with Crippen LogP contribution in [0.2, 0.25) is 0 Å². The third-order valence-electron chi connectivity index (χ3n) is 5.37. The maximum Gasteiger partial charge on any atom is 0.0431 e. The van der Waals surface area contributed by atoms with Gasteiger partial charge in [0.1, 0.15) is 0 Å². The van der Waals surface area contributed by atoms with Crippen LogP contribution < -0.4 is 5.73 Å². The fourth-order valence-electron chi connectivity index (χ4n) is 3.80. The van der Waals surface area contributed by atoms with Crippen molar-refractivity contribution >= 4 is 0 Å². The van der Waals surface area contributed by atoms with Gasteiger partial charge in [0.2, 0.25) is 0 Å². The Hall–Kier alpha value is -1.12.